The molecule has 0 amide bonds. The van der Waals surface area contributed by atoms with Gasteiger partial charge in [-0.15, -0.1) is 0 Å². The molecule has 3 nitrogen and oxygen atoms in total. The minimum absolute atomic E-state index is 0.432. The molecule has 1 aliphatic heterocycles. The summed E-state index contributed by atoms with van der Waals surface area (Å²) in [4.78, 5) is 2.63. The van der Waals surface area contributed by atoms with Crippen LogP contribution < -0.4 is 5.73 Å². The molecule has 2 fully saturated rings. The molecule has 0 spiro atoms. The highest BCUT2D eigenvalue weighted by molar-refractivity contribution is 5.83. The first-order valence-corrected chi connectivity index (χ1v) is 8.23. The van der Waals surface area contributed by atoms with Gasteiger partial charge in [-0.3, -0.25) is 4.90 Å². The summed E-state index contributed by atoms with van der Waals surface area (Å²) in [5.74, 6) is 1.57. The highest BCUT2D eigenvalue weighted by Gasteiger charge is 2.38. The Morgan fingerprint density at radius 1 is 1.19 bits per heavy atom. The van der Waals surface area contributed by atoms with Crippen molar-refractivity contribution in [3.05, 3.63) is 36.0 Å². The number of para-hydroxylation sites is 1. The number of nitrogens with zero attached hydrogens (tertiary/aromatic N) is 2. The maximum atomic E-state index is 6.34. The van der Waals surface area contributed by atoms with Crippen molar-refractivity contribution < 1.29 is 0 Å². The van der Waals surface area contributed by atoms with Gasteiger partial charge in [-0.1, -0.05) is 24.6 Å². The van der Waals surface area contributed by atoms with Crippen LogP contribution in [0, 0.1) is 11.8 Å². The lowest BCUT2D eigenvalue weighted by molar-refractivity contribution is 0.259. The molecule has 112 valence electrons. The Balaban J connectivity index is 1.56. The average Bonchev–Trinajstić information content (AvgIpc) is 3.03. The molecule has 3 heteroatoms. The number of hydrogen-bond donors (Lipinski definition) is 1. The zero-order chi connectivity index (χ0) is 14.4. The highest BCUT2D eigenvalue weighted by Crippen LogP contribution is 2.36. The van der Waals surface area contributed by atoms with E-state index in [0.29, 0.717) is 6.04 Å². The first-order chi connectivity index (χ1) is 10.2. The van der Waals surface area contributed by atoms with E-state index in [1.807, 2.05) is 0 Å². The van der Waals surface area contributed by atoms with Crippen LogP contribution in [0.4, 0.5) is 0 Å². The Hall–Kier alpha value is -1.32. The summed E-state index contributed by atoms with van der Waals surface area (Å²) < 4.78 is 2.25. The molecular formula is C18H25N3. The molecule has 0 bridgehead atoms. The first-order valence-electron chi connectivity index (χ1n) is 8.23. The summed E-state index contributed by atoms with van der Waals surface area (Å²) in [5, 5.41) is 1.40. The van der Waals surface area contributed by atoms with Crippen molar-refractivity contribution in [2.45, 2.75) is 31.8 Å². The van der Waals surface area contributed by atoms with Crippen molar-refractivity contribution in [3.63, 3.8) is 0 Å². The van der Waals surface area contributed by atoms with E-state index in [1.165, 1.54) is 48.8 Å². The third-order valence-electron chi connectivity index (χ3n) is 5.60. The summed E-state index contributed by atoms with van der Waals surface area (Å²) in [7, 11) is 2.14. The maximum Gasteiger partial charge on any atom is 0.0481 e. The molecule has 1 saturated carbocycles. The Bertz CT molecular complexity index is 645. The van der Waals surface area contributed by atoms with Gasteiger partial charge in [0.1, 0.15) is 0 Å². The Labute approximate surface area is 126 Å². The molecule has 0 radical (unpaired) electrons. The molecule has 2 aromatic rings. The van der Waals surface area contributed by atoms with Crippen LogP contribution in [0.2, 0.25) is 0 Å². The molecule has 3 unspecified atom stereocenters. The lowest BCUT2D eigenvalue weighted by Gasteiger charge is -2.29. The Kier molecular flexibility index (Phi) is 3.27. The minimum Gasteiger partial charge on any atom is -0.350 e. The summed E-state index contributed by atoms with van der Waals surface area (Å²) in [6.07, 6.45) is 6.23. The second-order valence-corrected chi connectivity index (χ2v) is 7.00. The lowest BCUT2D eigenvalue weighted by atomic mass is 9.78. The smallest absolute Gasteiger partial charge is 0.0481 e. The number of benzene rings is 1. The van der Waals surface area contributed by atoms with E-state index in [1.54, 1.807) is 0 Å². The topological polar surface area (TPSA) is 34.2 Å². The molecule has 1 saturated heterocycles. The van der Waals surface area contributed by atoms with Gasteiger partial charge in [0.05, 0.1) is 0 Å². The van der Waals surface area contributed by atoms with Crippen LogP contribution in [-0.2, 0) is 13.6 Å². The molecule has 1 aromatic carbocycles. The lowest BCUT2D eigenvalue weighted by Crippen LogP contribution is -2.38. The van der Waals surface area contributed by atoms with Gasteiger partial charge in [0.25, 0.3) is 0 Å². The summed E-state index contributed by atoms with van der Waals surface area (Å²) in [5.41, 5.74) is 9.13. The van der Waals surface area contributed by atoms with Gasteiger partial charge in [-0.2, -0.15) is 0 Å². The third-order valence-corrected chi connectivity index (χ3v) is 5.60. The summed E-state index contributed by atoms with van der Waals surface area (Å²) in [6.45, 7) is 3.50. The third kappa shape index (κ3) is 2.29. The fraction of sp³-hybridized carbons (Fsp3) is 0.556. The van der Waals surface area contributed by atoms with Crippen molar-refractivity contribution in [1.29, 1.82) is 0 Å². The molecule has 21 heavy (non-hydrogen) atoms. The predicted molar refractivity (Wildman–Crippen MR) is 87.0 cm³/mol. The van der Waals surface area contributed by atoms with Crippen LogP contribution in [0.5, 0.6) is 0 Å². The van der Waals surface area contributed by atoms with Crippen molar-refractivity contribution in [2.24, 2.45) is 24.6 Å². The second-order valence-electron chi connectivity index (χ2n) is 7.00. The van der Waals surface area contributed by atoms with Crippen LogP contribution in [0.15, 0.2) is 30.5 Å². The number of hydrogen-bond acceptors (Lipinski definition) is 2. The van der Waals surface area contributed by atoms with E-state index >= 15 is 0 Å². The Morgan fingerprint density at radius 2 is 2.05 bits per heavy atom. The minimum atomic E-state index is 0.432. The largest absolute Gasteiger partial charge is 0.350 e. The van der Waals surface area contributed by atoms with E-state index in [4.69, 9.17) is 5.73 Å². The van der Waals surface area contributed by atoms with Crippen LogP contribution in [0.3, 0.4) is 0 Å². The SMILES string of the molecule is Cn1cc(CN2CC3CCCC(N)C3C2)c2ccccc21. The van der Waals surface area contributed by atoms with Gasteiger partial charge in [-0.05, 0) is 36.3 Å². The predicted octanol–water partition coefficient (Wildman–Crippen LogP) is 2.74. The van der Waals surface area contributed by atoms with E-state index in [2.05, 4.69) is 47.0 Å². The number of aromatic nitrogens is 1. The summed E-state index contributed by atoms with van der Waals surface area (Å²) >= 11 is 0. The van der Waals surface area contributed by atoms with Gasteiger partial charge >= 0.3 is 0 Å². The fourth-order valence-electron chi connectivity index (χ4n) is 4.53. The zero-order valence-electron chi connectivity index (χ0n) is 12.8. The van der Waals surface area contributed by atoms with Crippen molar-refractivity contribution in [1.82, 2.24) is 9.47 Å². The van der Waals surface area contributed by atoms with Crippen molar-refractivity contribution in [3.8, 4) is 0 Å². The van der Waals surface area contributed by atoms with Crippen molar-refractivity contribution >= 4 is 10.9 Å². The van der Waals surface area contributed by atoms with E-state index in [9.17, 15) is 0 Å². The number of likely N-dealkylation sites (tertiary alicyclic amines) is 1. The maximum absolute atomic E-state index is 6.34. The molecule has 3 atom stereocenters. The van der Waals surface area contributed by atoms with E-state index < -0.39 is 0 Å². The van der Waals surface area contributed by atoms with E-state index in [0.717, 1.165) is 18.4 Å². The van der Waals surface area contributed by atoms with E-state index in [-0.39, 0.29) is 0 Å². The average molecular weight is 283 g/mol. The van der Waals surface area contributed by atoms with Crippen molar-refractivity contribution in [2.75, 3.05) is 13.1 Å². The molecule has 1 aliphatic carbocycles. The van der Waals surface area contributed by atoms with Gasteiger partial charge in [-0.25, -0.2) is 0 Å². The second kappa shape index (κ2) is 5.15. The Morgan fingerprint density at radius 3 is 2.90 bits per heavy atom. The monoisotopic (exact) mass is 283 g/mol. The van der Waals surface area contributed by atoms with Gasteiger partial charge < -0.3 is 10.3 Å². The van der Waals surface area contributed by atoms with Gasteiger partial charge in [0, 0.05) is 49.8 Å². The quantitative estimate of drug-likeness (QED) is 0.919. The highest BCUT2D eigenvalue weighted by atomic mass is 15.2. The summed E-state index contributed by atoms with van der Waals surface area (Å²) in [6, 6.07) is 9.15. The van der Waals surface area contributed by atoms with Crippen LogP contribution in [-0.4, -0.2) is 28.6 Å². The molecule has 2 heterocycles. The van der Waals surface area contributed by atoms with Crippen LogP contribution in [0.25, 0.3) is 10.9 Å². The zero-order valence-corrected chi connectivity index (χ0v) is 12.8. The molecule has 2 aliphatic rings. The van der Waals surface area contributed by atoms with Gasteiger partial charge in [0.2, 0.25) is 0 Å². The number of nitrogens with two attached hydrogens (primary N) is 1. The molecule has 2 N–H and O–H groups in total. The first kappa shape index (κ1) is 13.4. The van der Waals surface area contributed by atoms with Crippen LogP contribution in [0.1, 0.15) is 24.8 Å². The fourth-order valence-corrected chi connectivity index (χ4v) is 4.53. The van der Waals surface area contributed by atoms with Crippen LogP contribution >= 0.6 is 0 Å². The van der Waals surface area contributed by atoms with Gasteiger partial charge in [0.15, 0.2) is 0 Å². The molecular weight excluding hydrogens is 258 g/mol. The molecule has 1 aromatic heterocycles. The standard InChI is InChI=1S/C18H25N3/c1-20-9-14(15-6-2-3-8-18(15)20)11-21-10-13-5-4-7-17(19)16(13)12-21/h2-3,6,8-9,13,16-17H,4-5,7,10-12,19H2,1H3. The number of rotatable bonds is 2. The number of aryl methyl sites for hydroxylation is 1. The normalized spacial score (nSPS) is 29.9. The molecule has 4 rings (SSSR count). The number of fused-ring (bicyclic) bond motifs is 2.